The van der Waals surface area contributed by atoms with Crippen molar-refractivity contribution in [2.75, 3.05) is 6.54 Å². The van der Waals surface area contributed by atoms with Crippen LogP contribution in [0, 0.1) is 0 Å². The Morgan fingerprint density at radius 2 is 2.04 bits per heavy atom. The molecule has 0 radical (unpaired) electrons. The first-order chi connectivity index (χ1) is 12.3. The molecule has 0 bridgehead atoms. The summed E-state index contributed by atoms with van der Waals surface area (Å²) in [7, 11) is 0. The van der Waals surface area contributed by atoms with E-state index < -0.39 is 0 Å². The van der Waals surface area contributed by atoms with Crippen molar-refractivity contribution < 1.29 is 4.79 Å². The van der Waals surface area contributed by atoms with Crippen molar-refractivity contribution in [3.63, 3.8) is 0 Å². The highest BCUT2D eigenvalue weighted by Crippen LogP contribution is 2.31. The van der Waals surface area contributed by atoms with Gasteiger partial charge in [0.05, 0.1) is 17.6 Å². The van der Waals surface area contributed by atoms with E-state index in [9.17, 15) is 4.79 Å². The molecule has 0 spiro atoms. The fourth-order valence-electron chi connectivity index (χ4n) is 3.36. The molecule has 0 unspecified atom stereocenters. The number of rotatable bonds is 5. The Hall–Kier alpha value is -2.83. The number of carbonyl (C=O) groups excluding carboxylic acids is 1. The second kappa shape index (κ2) is 6.96. The number of hydrogen-bond acceptors (Lipinski definition) is 5. The third-order valence-electron chi connectivity index (χ3n) is 4.68. The molecule has 0 saturated heterocycles. The summed E-state index contributed by atoms with van der Waals surface area (Å²) >= 11 is 0. The number of amides is 1. The molecule has 0 atom stereocenters. The predicted octanol–water partition coefficient (Wildman–Crippen LogP) is 2.31. The Labute approximate surface area is 145 Å². The minimum absolute atomic E-state index is 0.145. The summed E-state index contributed by atoms with van der Waals surface area (Å²) in [5, 5.41) is 2.89. The maximum absolute atomic E-state index is 12.3. The van der Waals surface area contributed by atoms with Gasteiger partial charge in [0.2, 0.25) is 0 Å². The van der Waals surface area contributed by atoms with E-state index in [4.69, 9.17) is 0 Å². The first-order valence-corrected chi connectivity index (χ1v) is 8.67. The van der Waals surface area contributed by atoms with Crippen LogP contribution in [0.5, 0.6) is 0 Å². The number of aromatic nitrogens is 5. The predicted molar refractivity (Wildman–Crippen MR) is 93.1 cm³/mol. The normalized spacial score (nSPS) is 14.9. The molecule has 1 N–H and O–H groups in total. The molecule has 7 nitrogen and oxygen atoms in total. The summed E-state index contributed by atoms with van der Waals surface area (Å²) in [6.45, 7) is 0.506. The summed E-state index contributed by atoms with van der Waals surface area (Å²) in [6, 6.07) is 2.30. The summed E-state index contributed by atoms with van der Waals surface area (Å²) in [4.78, 5) is 29.5. The Bertz CT molecular complexity index is 870. The van der Waals surface area contributed by atoms with Crippen LogP contribution in [0.15, 0.2) is 37.2 Å². The van der Waals surface area contributed by atoms with Crippen molar-refractivity contribution in [2.45, 2.75) is 38.1 Å². The van der Waals surface area contributed by atoms with E-state index in [-0.39, 0.29) is 5.91 Å². The quantitative estimate of drug-likeness (QED) is 0.773. The maximum Gasteiger partial charge on any atom is 0.252 e. The van der Waals surface area contributed by atoms with Crippen LogP contribution < -0.4 is 5.32 Å². The Kier molecular flexibility index (Phi) is 4.37. The van der Waals surface area contributed by atoms with E-state index >= 15 is 0 Å². The van der Waals surface area contributed by atoms with E-state index in [1.807, 2.05) is 12.4 Å². The van der Waals surface area contributed by atoms with Crippen molar-refractivity contribution >= 4 is 17.1 Å². The smallest absolute Gasteiger partial charge is 0.252 e. The Balaban J connectivity index is 1.43. The number of nitrogens with one attached hydrogen (secondary N) is 1. The van der Waals surface area contributed by atoms with E-state index in [1.54, 1.807) is 24.8 Å². The highest BCUT2D eigenvalue weighted by Gasteiger charge is 2.20. The molecule has 0 aliphatic heterocycles. The summed E-state index contributed by atoms with van der Waals surface area (Å²) in [6.07, 6.45) is 14.0. The van der Waals surface area contributed by atoms with Crippen molar-refractivity contribution in [1.82, 2.24) is 29.8 Å². The average Bonchev–Trinajstić information content (AvgIpc) is 3.31. The number of pyridine rings is 1. The average molecular weight is 336 g/mol. The van der Waals surface area contributed by atoms with Crippen LogP contribution in [-0.4, -0.2) is 37.0 Å². The second-order valence-corrected chi connectivity index (χ2v) is 6.36. The molecule has 128 valence electrons. The molecule has 1 aliphatic rings. The van der Waals surface area contributed by atoms with E-state index in [0.29, 0.717) is 24.6 Å². The molecule has 7 heteroatoms. The van der Waals surface area contributed by atoms with Crippen molar-refractivity contribution in [1.29, 1.82) is 0 Å². The third-order valence-corrected chi connectivity index (χ3v) is 4.68. The fourth-order valence-corrected chi connectivity index (χ4v) is 3.36. The highest BCUT2D eigenvalue weighted by molar-refractivity contribution is 5.96. The van der Waals surface area contributed by atoms with Crippen LogP contribution in [0.4, 0.5) is 0 Å². The minimum Gasteiger partial charge on any atom is -0.352 e. The summed E-state index contributed by atoms with van der Waals surface area (Å²) in [5.74, 6) is -0.145. The zero-order chi connectivity index (χ0) is 17.1. The number of imidazole rings is 1. The van der Waals surface area contributed by atoms with Crippen molar-refractivity contribution in [3.8, 4) is 0 Å². The maximum atomic E-state index is 12.3. The van der Waals surface area contributed by atoms with Crippen LogP contribution in [0.3, 0.4) is 0 Å². The first-order valence-electron chi connectivity index (χ1n) is 8.67. The Morgan fingerprint density at radius 3 is 2.84 bits per heavy atom. The summed E-state index contributed by atoms with van der Waals surface area (Å²) < 4.78 is 2.15. The van der Waals surface area contributed by atoms with Gasteiger partial charge in [-0.05, 0) is 18.9 Å². The number of nitrogens with zero attached hydrogens (tertiary/aromatic N) is 5. The highest BCUT2D eigenvalue weighted by atomic mass is 16.1. The van der Waals surface area contributed by atoms with Gasteiger partial charge in [-0.1, -0.05) is 12.8 Å². The molecule has 1 saturated carbocycles. The van der Waals surface area contributed by atoms with Crippen LogP contribution in [0.2, 0.25) is 0 Å². The van der Waals surface area contributed by atoms with Gasteiger partial charge in [-0.2, -0.15) is 0 Å². The number of hydrogen-bond donors (Lipinski definition) is 1. The molecule has 3 heterocycles. The van der Waals surface area contributed by atoms with Crippen molar-refractivity contribution in [2.24, 2.45) is 0 Å². The number of fused-ring (bicyclic) bond motifs is 1. The lowest BCUT2D eigenvalue weighted by molar-refractivity contribution is 0.0954. The molecule has 3 aromatic heterocycles. The van der Waals surface area contributed by atoms with Gasteiger partial charge in [0.1, 0.15) is 5.52 Å². The van der Waals surface area contributed by atoms with Gasteiger partial charge >= 0.3 is 0 Å². The van der Waals surface area contributed by atoms with Crippen LogP contribution in [-0.2, 0) is 6.42 Å². The largest absolute Gasteiger partial charge is 0.352 e. The topological polar surface area (TPSA) is 85.6 Å². The zero-order valence-corrected chi connectivity index (χ0v) is 13.9. The van der Waals surface area contributed by atoms with Gasteiger partial charge in [0, 0.05) is 43.8 Å². The lowest BCUT2D eigenvalue weighted by Crippen LogP contribution is -2.26. The first kappa shape index (κ1) is 15.7. The van der Waals surface area contributed by atoms with Crippen LogP contribution in [0.1, 0.15) is 47.8 Å². The van der Waals surface area contributed by atoms with Gasteiger partial charge < -0.3 is 9.88 Å². The fraction of sp³-hybridized carbons (Fsp3) is 0.389. The van der Waals surface area contributed by atoms with Gasteiger partial charge in [0.25, 0.3) is 5.91 Å². The zero-order valence-electron chi connectivity index (χ0n) is 13.9. The van der Waals surface area contributed by atoms with Crippen molar-refractivity contribution in [3.05, 3.63) is 48.4 Å². The minimum atomic E-state index is -0.145. The van der Waals surface area contributed by atoms with Gasteiger partial charge in [-0.15, -0.1) is 0 Å². The molecule has 1 aliphatic carbocycles. The van der Waals surface area contributed by atoms with Gasteiger partial charge in [-0.3, -0.25) is 14.8 Å². The second-order valence-electron chi connectivity index (χ2n) is 6.36. The van der Waals surface area contributed by atoms with Crippen LogP contribution >= 0.6 is 0 Å². The molecule has 4 rings (SSSR count). The van der Waals surface area contributed by atoms with E-state index in [0.717, 1.165) is 16.9 Å². The lowest BCUT2D eigenvalue weighted by Gasteiger charge is -2.11. The molecule has 1 amide bonds. The SMILES string of the molecule is O=C(NCCc1cnccn1)c1cnc2c(c1)ncn2C1CCCC1. The Morgan fingerprint density at radius 1 is 1.16 bits per heavy atom. The molecule has 1 fully saturated rings. The monoisotopic (exact) mass is 336 g/mol. The van der Waals surface area contributed by atoms with E-state index in [1.165, 1.54) is 25.7 Å². The number of carbonyl (C=O) groups is 1. The van der Waals surface area contributed by atoms with E-state index in [2.05, 4.69) is 29.8 Å². The van der Waals surface area contributed by atoms with Gasteiger partial charge in [0.15, 0.2) is 5.65 Å². The van der Waals surface area contributed by atoms with Gasteiger partial charge in [-0.25, -0.2) is 9.97 Å². The standard InChI is InChI=1S/C18H20N6O/c25-18(21-6-5-14-11-19-7-8-20-14)13-9-16-17(22-10-13)24(12-23-16)15-3-1-2-4-15/h7-12,15H,1-6H2,(H,21,25). The molecular formula is C18H20N6O. The third kappa shape index (κ3) is 3.35. The lowest BCUT2D eigenvalue weighted by atomic mass is 10.2. The van der Waals surface area contributed by atoms with Crippen LogP contribution in [0.25, 0.3) is 11.2 Å². The molecular weight excluding hydrogens is 316 g/mol. The summed E-state index contributed by atoms with van der Waals surface area (Å²) in [5.41, 5.74) is 3.02. The molecule has 25 heavy (non-hydrogen) atoms. The molecule has 0 aromatic carbocycles. The molecule has 3 aromatic rings.